The SMILES string of the molecule is O=[N+]([O-])CCC(O)[N+](=O)[O-]. The van der Waals surface area contributed by atoms with E-state index in [9.17, 15) is 20.2 Å². The van der Waals surface area contributed by atoms with E-state index in [2.05, 4.69) is 0 Å². The Bertz CT molecular complexity index is 146. The lowest BCUT2D eigenvalue weighted by molar-refractivity contribution is -0.582. The summed E-state index contributed by atoms with van der Waals surface area (Å²) >= 11 is 0. The molecule has 0 amide bonds. The van der Waals surface area contributed by atoms with Crippen LogP contribution in [0.4, 0.5) is 0 Å². The molecule has 0 aromatic carbocycles. The monoisotopic (exact) mass is 150 g/mol. The molecule has 0 rings (SSSR count). The minimum absolute atomic E-state index is 0.444. The minimum atomic E-state index is -1.81. The summed E-state index contributed by atoms with van der Waals surface area (Å²) < 4.78 is 0. The van der Waals surface area contributed by atoms with Crippen LogP contribution in [-0.4, -0.2) is 27.7 Å². The van der Waals surface area contributed by atoms with Gasteiger partial charge in [-0.2, -0.15) is 0 Å². The van der Waals surface area contributed by atoms with Gasteiger partial charge in [0.2, 0.25) is 6.54 Å². The fourth-order valence-electron chi connectivity index (χ4n) is 0.326. The van der Waals surface area contributed by atoms with Crippen molar-refractivity contribution in [3.63, 3.8) is 0 Å². The summed E-state index contributed by atoms with van der Waals surface area (Å²) in [5.41, 5.74) is 0. The van der Waals surface area contributed by atoms with E-state index < -0.39 is 29.0 Å². The third-order valence-corrected chi connectivity index (χ3v) is 0.813. The van der Waals surface area contributed by atoms with E-state index in [1.807, 2.05) is 0 Å². The molecule has 0 aliphatic heterocycles. The average Bonchev–Trinajstić information content (AvgIpc) is 1.82. The van der Waals surface area contributed by atoms with Gasteiger partial charge < -0.3 is 5.11 Å². The molecule has 1 N–H and O–H groups in total. The van der Waals surface area contributed by atoms with Gasteiger partial charge in [-0.1, -0.05) is 0 Å². The van der Waals surface area contributed by atoms with E-state index in [-0.39, 0.29) is 0 Å². The van der Waals surface area contributed by atoms with E-state index in [1.165, 1.54) is 0 Å². The maximum absolute atomic E-state index is 9.64. The summed E-state index contributed by atoms with van der Waals surface area (Å²) in [4.78, 5) is 17.6. The normalized spacial score (nSPS) is 12.5. The van der Waals surface area contributed by atoms with Crippen molar-refractivity contribution < 1.29 is 15.0 Å². The van der Waals surface area contributed by atoms with Crippen molar-refractivity contribution in [3.8, 4) is 0 Å². The van der Waals surface area contributed by atoms with Crippen LogP contribution in [0.5, 0.6) is 0 Å². The van der Waals surface area contributed by atoms with Gasteiger partial charge in [0.05, 0.1) is 4.92 Å². The van der Waals surface area contributed by atoms with Gasteiger partial charge in [0.25, 0.3) is 0 Å². The van der Waals surface area contributed by atoms with Crippen LogP contribution in [0, 0.1) is 20.2 Å². The minimum Gasteiger partial charge on any atom is -0.333 e. The van der Waals surface area contributed by atoms with E-state index in [4.69, 9.17) is 5.11 Å². The Morgan fingerprint density at radius 1 is 1.40 bits per heavy atom. The first-order chi connectivity index (χ1) is 4.54. The van der Waals surface area contributed by atoms with Gasteiger partial charge >= 0.3 is 6.23 Å². The molecule has 0 saturated heterocycles. The summed E-state index contributed by atoms with van der Waals surface area (Å²) in [5.74, 6) is 0. The van der Waals surface area contributed by atoms with Crippen LogP contribution >= 0.6 is 0 Å². The second kappa shape index (κ2) is 3.72. The molecule has 0 aliphatic rings. The Kier molecular flexibility index (Phi) is 3.26. The van der Waals surface area contributed by atoms with Gasteiger partial charge in [-0.15, -0.1) is 0 Å². The van der Waals surface area contributed by atoms with Crippen LogP contribution in [0.3, 0.4) is 0 Å². The standard InChI is InChI=1S/C3H6N2O5/c6-3(5(9)10)1-2-4(7)8/h3,6H,1-2H2. The zero-order chi connectivity index (χ0) is 8.15. The van der Waals surface area contributed by atoms with Crippen molar-refractivity contribution in [2.45, 2.75) is 12.6 Å². The molecule has 0 aromatic heterocycles. The maximum Gasteiger partial charge on any atom is 0.319 e. The molecule has 1 atom stereocenters. The fraction of sp³-hybridized carbons (Fsp3) is 1.00. The second-order valence-corrected chi connectivity index (χ2v) is 1.61. The average molecular weight is 150 g/mol. The van der Waals surface area contributed by atoms with Crippen molar-refractivity contribution in [2.24, 2.45) is 0 Å². The number of nitrogens with zero attached hydrogens (tertiary/aromatic N) is 2. The van der Waals surface area contributed by atoms with E-state index in [1.54, 1.807) is 0 Å². The number of rotatable bonds is 4. The number of nitro groups is 2. The first-order valence-electron chi connectivity index (χ1n) is 2.47. The summed E-state index contributed by atoms with van der Waals surface area (Å²) in [6.07, 6.45) is -2.26. The molecule has 0 fully saturated rings. The highest BCUT2D eigenvalue weighted by Gasteiger charge is 2.17. The smallest absolute Gasteiger partial charge is 0.319 e. The van der Waals surface area contributed by atoms with Crippen LogP contribution < -0.4 is 0 Å². The largest absolute Gasteiger partial charge is 0.333 e. The lowest BCUT2D eigenvalue weighted by Crippen LogP contribution is -2.21. The Labute approximate surface area is 55.6 Å². The molecule has 0 bridgehead atoms. The summed E-state index contributed by atoms with van der Waals surface area (Å²) in [6, 6.07) is 0. The van der Waals surface area contributed by atoms with Gasteiger partial charge in [0.15, 0.2) is 0 Å². The number of hydrogen-bond donors (Lipinski definition) is 1. The second-order valence-electron chi connectivity index (χ2n) is 1.61. The van der Waals surface area contributed by atoms with E-state index in [0.717, 1.165) is 0 Å². The zero-order valence-corrected chi connectivity index (χ0v) is 4.97. The highest BCUT2D eigenvalue weighted by molar-refractivity contribution is 4.37. The summed E-state index contributed by atoms with van der Waals surface area (Å²) in [7, 11) is 0. The maximum atomic E-state index is 9.64. The number of aliphatic hydroxyl groups is 1. The molecule has 10 heavy (non-hydrogen) atoms. The van der Waals surface area contributed by atoms with Crippen molar-refractivity contribution >= 4 is 0 Å². The Hall–Kier alpha value is -1.24. The first kappa shape index (κ1) is 8.76. The lowest BCUT2D eigenvalue weighted by Gasteiger charge is -1.96. The quantitative estimate of drug-likeness (QED) is 0.322. The highest BCUT2D eigenvalue weighted by Crippen LogP contribution is 1.91. The van der Waals surface area contributed by atoms with Crippen LogP contribution in [-0.2, 0) is 0 Å². The summed E-state index contributed by atoms with van der Waals surface area (Å²) in [6.45, 7) is -0.581. The van der Waals surface area contributed by atoms with Crippen molar-refractivity contribution in [1.29, 1.82) is 0 Å². The number of aliphatic hydroxyl groups excluding tert-OH is 1. The molecule has 7 nitrogen and oxygen atoms in total. The molecule has 58 valence electrons. The molecule has 0 aromatic rings. The van der Waals surface area contributed by atoms with Gasteiger partial charge in [0.1, 0.15) is 6.42 Å². The first-order valence-corrected chi connectivity index (χ1v) is 2.47. The van der Waals surface area contributed by atoms with Crippen molar-refractivity contribution in [1.82, 2.24) is 0 Å². The van der Waals surface area contributed by atoms with Crippen molar-refractivity contribution in [2.75, 3.05) is 6.54 Å². The molecule has 7 heteroatoms. The van der Waals surface area contributed by atoms with Gasteiger partial charge in [-0.25, -0.2) is 0 Å². The molecule has 1 unspecified atom stereocenters. The van der Waals surface area contributed by atoms with Crippen LogP contribution in [0.25, 0.3) is 0 Å². The third kappa shape index (κ3) is 3.72. The molecule has 0 heterocycles. The summed E-state index contributed by atoms with van der Waals surface area (Å²) in [5, 5.41) is 27.6. The van der Waals surface area contributed by atoms with E-state index >= 15 is 0 Å². The predicted octanol–water partition coefficient (Wildman–Crippen LogP) is -0.752. The molecular formula is C3H6N2O5. The zero-order valence-electron chi connectivity index (χ0n) is 4.97. The topological polar surface area (TPSA) is 107 Å². The third-order valence-electron chi connectivity index (χ3n) is 0.813. The van der Waals surface area contributed by atoms with Crippen LogP contribution in [0.1, 0.15) is 6.42 Å². The van der Waals surface area contributed by atoms with Crippen molar-refractivity contribution in [3.05, 3.63) is 20.2 Å². The Balaban J connectivity index is 3.49. The predicted molar refractivity (Wildman–Crippen MR) is 29.5 cm³/mol. The van der Waals surface area contributed by atoms with Gasteiger partial charge in [0, 0.05) is 4.92 Å². The molecular weight excluding hydrogens is 144 g/mol. The highest BCUT2D eigenvalue weighted by atomic mass is 16.7. The lowest BCUT2D eigenvalue weighted by atomic mass is 10.4. The molecule has 0 spiro atoms. The Morgan fingerprint density at radius 3 is 2.20 bits per heavy atom. The molecule has 0 saturated carbocycles. The van der Waals surface area contributed by atoms with Crippen LogP contribution in [0.15, 0.2) is 0 Å². The molecule has 0 aliphatic carbocycles. The van der Waals surface area contributed by atoms with Gasteiger partial charge in [-0.3, -0.25) is 20.2 Å². The number of hydrogen-bond acceptors (Lipinski definition) is 5. The van der Waals surface area contributed by atoms with E-state index in [0.29, 0.717) is 0 Å². The fourth-order valence-corrected chi connectivity index (χ4v) is 0.326. The van der Waals surface area contributed by atoms with Gasteiger partial charge in [-0.05, 0) is 0 Å². The Morgan fingerprint density at radius 2 is 1.90 bits per heavy atom. The van der Waals surface area contributed by atoms with Crippen LogP contribution in [0.2, 0.25) is 0 Å². The molecule has 0 radical (unpaired) electrons.